The first-order valence-electron chi connectivity index (χ1n) is 41.7. The van der Waals surface area contributed by atoms with Gasteiger partial charge in [0.1, 0.15) is 0 Å². The Hall–Kier alpha value is -16.1. The first kappa shape index (κ1) is 70.9. The molecule has 0 aliphatic carbocycles. The fourth-order valence-corrected chi connectivity index (χ4v) is 21.1. The molecule has 0 spiro atoms. The lowest BCUT2D eigenvalue weighted by atomic mass is 10.00. The third-order valence-corrected chi connectivity index (χ3v) is 26.8. The average molecular weight is 1620 g/mol. The summed E-state index contributed by atoms with van der Waals surface area (Å²) in [4.78, 5) is 31.9. The van der Waals surface area contributed by atoms with Crippen LogP contribution in [0.3, 0.4) is 0 Å². The number of fused-ring (bicyclic) bond motifs is 21. The lowest BCUT2D eigenvalue weighted by molar-refractivity contribution is 0.953. The number of thiophene rings is 2. The number of nitrogens with zero attached hydrogens (tertiary/aromatic N) is 10. The molecule has 0 saturated heterocycles. The molecule has 0 atom stereocenters. The van der Waals surface area contributed by atoms with Crippen LogP contribution in [-0.4, -0.2) is 48.2 Å². The monoisotopic (exact) mass is 1620 g/mol. The van der Waals surface area contributed by atoms with E-state index in [0.717, 1.165) is 116 Å². The van der Waals surface area contributed by atoms with Crippen molar-refractivity contribution in [2.75, 3.05) is 0 Å². The summed E-state index contributed by atoms with van der Waals surface area (Å²) in [6.07, 6.45) is 0. The first-order valence-corrected chi connectivity index (χ1v) is 43.3. The molecule has 0 N–H and O–H groups in total. The van der Waals surface area contributed by atoms with Crippen LogP contribution in [0, 0.1) is 0 Å². The van der Waals surface area contributed by atoms with Crippen molar-refractivity contribution in [3.63, 3.8) is 0 Å². The van der Waals surface area contributed by atoms with Gasteiger partial charge in [0.05, 0.1) is 44.1 Å². The second-order valence-electron chi connectivity index (χ2n) is 31.6. The third kappa shape index (κ3) is 11.7. The van der Waals surface area contributed by atoms with E-state index in [4.69, 9.17) is 29.9 Å². The number of hydrogen-bond acceptors (Lipinski definition) is 8. The minimum absolute atomic E-state index is 0.568. The lowest BCUT2D eigenvalue weighted by Gasteiger charge is -2.14. The van der Waals surface area contributed by atoms with Crippen LogP contribution in [0.4, 0.5) is 0 Å². The maximum atomic E-state index is 5.41. The van der Waals surface area contributed by atoms with Crippen LogP contribution >= 0.6 is 22.7 Å². The Morgan fingerprint density at radius 1 is 0.161 bits per heavy atom. The Balaban J connectivity index is 0.000000136. The van der Waals surface area contributed by atoms with E-state index in [9.17, 15) is 0 Å². The van der Waals surface area contributed by atoms with E-state index in [-0.39, 0.29) is 0 Å². The largest absolute Gasteiger partial charge is 0.307 e. The van der Waals surface area contributed by atoms with Crippen LogP contribution in [0.1, 0.15) is 0 Å². The Kier molecular flexibility index (Phi) is 16.5. The predicted octanol–water partition coefficient (Wildman–Crippen LogP) is 29.7. The van der Waals surface area contributed by atoms with Crippen molar-refractivity contribution in [3.05, 3.63) is 413 Å². The Bertz CT molecular complexity index is 8800. The van der Waals surface area contributed by atoms with Gasteiger partial charge in [-0.2, -0.15) is 19.9 Å². The molecule has 0 fully saturated rings. The summed E-state index contributed by atoms with van der Waals surface area (Å²) in [6.45, 7) is 0. The van der Waals surface area contributed by atoms with Gasteiger partial charge in [0.2, 0.25) is 11.9 Å². The molecular weight excluding hydrogens is 1550 g/mol. The van der Waals surface area contributed by atoms with Crippen LogP contribution in [0.15, 0.2) is 413 Å². The number of hydrogen-bond donors (Lipinski definition) is 0. The molecule has 0 unspecified atom stereocenters. The second kappa shape index (κ2) is 28.8. The number of para-hydroxylation sites is 4. The standard InChI is InChI=1S/C57H35N5S.C55H33N5S/c1-3-14-36(15-4-1)37-26-28-38(29-27-37)40-18-13-19-42(34-40)61-49-23-10-7-20-43(49)47-32-33-48-44-21-8-11-24-50(44)62(54(48)53(47)61)57-59-55(39-16-5-2-6-17-39)58-56(60-57)41-30-31-46-45-22-9-12-25-51(45)63-52(46)35-41;1-2-13-36(14-3-1)53-56-54(39-26-29-44-43-18-8-11-21-49(43)61-50(44)33-39)58-55(57-53)60-48-20-10-7-17-42(48)46-31-30-45-41-16-6-9-19-47(41)59(51(45)52(46)60)40-27-24-35(25-28-40)38-23-22-34-12-4-5-15-37(34)32-38/h1-35H;1-33H. The maximum absolute atomic E-state index is 5.41. The molecule has 8 heterocycles. The van der Waals surface area contributed by atoms with E-state index >= 15 is 0 Å². The molecule has 0 bridgehead atoms. The van der Waals surface area contributed by atoms with Crippen molar-refractivity contribution in [1.29, 1.82) is 0 Å². The fourth-order valence-electron chi connectivity index (χ4n) is 18.8. The number of rotatable bonds is 11. The summed E-state index contributed by atoms with van der Waals surface area (Å²) < 4.78 is 14.3. The predicted molar refractivity (Wildman–Crippen MR) is 518 cm³/mol. The summed E-state index contributed by atoms with van der Waals surface area (Å²) in [5, 5.41) is 16.7. The maximum Gasteiger partial charge on any atom is 0.238 e. The molecule has 26 aromatic rings. The Labute approximate surface area is 718 Å². The molecule has 0 radical (unpaired) electrons. The highest BCUT2D eigenvalue weighted by molar-refractivity contribution is 7.26. The van der Waals surface area contributed by atoms with Gasteiger partial charge in [0.15, 0.2) is 23.3 Å². The minimum atomic E-state index is 0.568. The van der Waals surface area contributed by atoms with E-state index in [2.05, 4.69) is 394 Å². The summed E-state index contributed by atoms with van der Waals surface area (Å²) in [7, 11) is 0. The molecule has 12 heteroatoms. The van der Waals surface area contributed by atoms with Gasteiger partial charge in [-0.25, -0.2) is 9.97 Å². The lowest BCUT2D eigenvalue weighted by Crippen LogP contribution is -2.07. The second-order valence-corrected chi connectivity index (χ2v) is 33.8. The number of aromatic nitrogens is 10. The highest BCUT2D eigenvalue weighted by Crippen LogP contribution is 2.47. The fraction of sp³-hybridized carbons (Fsp3) is 0. The molecule has 0 amide bonds. The summed E-state index contributed by atoms with van der Waals surface area (Å²) in [6, 6.07) is 147. The summed E-state index contributed by atoms with van der Waals surface area (Å²) in [5.41, 5.74) is 21.6. The summed E-state index contributed by atoms with van der Waals surface area (Å²) in [5.74, 6) is 3.64. The summed E-state index contributed by atoms with van der Waals surface area (Å²) >= 11 is 3.60. The SMILES string of the molecule is c1ccc(-c2ccc(-c3cccc(-n4c5ccccc5c5ccc6c7ccccc7n(-c7nc(-c8ccccc8)nc(-c8ccc9c(c8)sc8ccccc89)n7)c6c54)c3)cc2)cc1.c1ccc(-c2nc(-c3ccc4c(c3)sc3ccccc34)nc(-n3c4ccccc4c4ccc5c6ccccc6n(-c6ccc(-c7ccc8ccccc8c7)cc6)c5c43)n2)cc1. The van der Waals surface area contributed by atoms with Gasteiger partial charge in [-0.3, -0.25) is 9.13 Å². The number of benzene rings is 18. The van der Waals surface area contributed by atoms with Crippen molar-refractivity contribution >= 4 is 161 Å². The zero-order chi connectivity index (χ0) is 81.5. The van der Waals surface area contributed by atoms with Crippen LogP contribution in [0.2, 0.25) is 0 Å². The molecule has 26 rings (SSSR count). The van der Waals surface area contributed by atoms with Gasteiger partial charge in [-0.05, 0) is 123 Å². The highest BCUT2D eigenvalue weighted by atomic mass is 32.1. The van der Waals surface area contributed by atoms with Gasteiger partial charge in [-0.15, -0.1) is 22.7 Å². The van der Waals surface area contributed by atoms with E-state index in [1.165, 1.54) is 89.5 Å². The van der Waals surface area contributed by atoms with E-state index in [1.54, 1.807) is 22.7 Å². The molecule has 8 aromatic heterocycles. The quantitative estimate of drug-likeness (QED) is 0.128. The van der Waals surface area contributed by atoms with Crippen LogP contribution in [0.25, 0.3) is 241 Å². The van der Waals surface area contributed by atoms with Crippen LogP contribution in [-0.2, 0) is 0 Å². The van der Waals surface area contributed by atoms with Crippen molar-refractivity contribution < 1.29 is 0 Å². The van der Waals surface area contributed by atoms with E-state index < -0.39 is 0 Å². The third-order valence-electron chi connectivity index (χ3n) is 24.6. The van der Waals surface area contributed by atoms with Gasteiger partial charge in [-0.1, -0.05) is 334 Å². The first-order chi connectivity index (χ1) is 61.5. The van der Waals surface area contributed by atoms with Gasteiger partial charge in [0.25, 0.3) is 0 Å². The highest BCUT2D eigenvalue weighted by Gasteiger charge is 2.28. The zero-order valence-corrected chi connectivity index (χ0v) is 68.2. The van der Waals surface area contributed by atoms with Crippen LogP contribution in [0.5, 0.6) is 0 Å². The normalized spacial score (nSPS) is 11.9. The van der Waals surface area contributed by atoms with E-state index in [1.807, 2.05) is 36.4 Å². The topological polar surface area (TPSA) is 97.1 Å². The van der Waals surface area contributed by atoms with Crippen molar-refractivity contribution in [2.24, 2.45) is 0 Å². The van der Waals surface area contributed by atoms with Crippen molar-refractivity contribution in [2.45, 2.75) is 0 Å². The minimum Gasteiger partial charge on any atom is -0.307 e. The molecular formula is C112H68N10S2. The van der Waals surface area contributed by atoms with Crippen molar-refractivity contribution in [3.8, 4) is 102 Å². The molecule has 578 valence electrons. The van der Waals surface area contributed by atoms with Gasteiger partial charge < -0.3 is 9.13 Å². The molecule has 0 aliphatic heterocycles. The average Bonchev–Trinajstić information content (AvgIpc) is 1.54. The van der Waals surface area contributed by atoms with Gasteiger partial charge >= 0.3 is 0 Å². The Morgan fingerprint density at radius 3 is 0.935 bits per heavy atom. The van der Waals surface area contributed by atoms with Crippen LogP contribution < -0.4 is 0 Å². The Morgan fingerprint density at radius 2 is 0.468 bits per heavy atom. The molecule has 124 heavy (non-hydrogen) atoms. The molecule has 18 aromatic carbocycles. The molecule has 10 nitrogen and oxygen atoms in total. The van der Waals surface area contributed by atoms with Gasteiger partial charge in [0, 0.05) is 117 Å². The molecule has 0 saturated carbocycles. The molecule has 0 aliphatic rings. The van der Waals surface area contributed by atoms with E-state index in [0.29, 0.717) is 35.2 Å². The van der Waals surface area contributed by atoms with Crippen molar-refractivity contribution in [1.82, 2.24) is 48.2 Å². The smallest absolute Gasteiger partial charge is 0.238 e. The zero-order valence-electron chi connectivity index (χ0n) is 66.5.